The molecule has 0 saturated carbocycles. The molecule has 0 spiro atoms. The number of methoxy groups -OCH3 is 1. The minimum absolute atomic E-state index is 0.0765. The molecular formula is C27H27ClN4O3. The number of hydrogen-bond donors (Lipinski definition) is 0. The number of nitrogens with zero attached hydrogens (tertiary/aromatic N) is 4. The Bertz CT molecular complexity index is 1430. The maximum absolute atomic E-state index is 13.3. The van der Waals surface area contributed by atoms with Gasteiger partial charge in [0.2, 0.25) is 5.88 Å². The lowest BCUT2D eigenvalue weighted by Crippen LogP contribution is -2.24. The van der Waals surface area contributed by atoms with Gasteiger partial charge in [0.25, 0.3) is 5.56 Å². The second kappa shape index (κ2) is 10.3. The normalized spacial score (nSPS) is 11.1. The maximum Gasteiger partial charge on any atom is 0.280 e. The van der Waals surface area contributed by atoms with Crippen LogP contribution in [0.3, 0.4) is 0 Å². The molecule has 0 fully saturated rings. The zero-order valence-electron chi connectivity index (χ0n) is 20.4. The van der Waals surface area contributed by atoms with Crippen molar-refractivity contribution in [3.8, 4) is 28.6 Å². The first-order valence-electron chi connectivity index (χ1n) is 11.3. The van der Waals surface area contributed by atoms with Crippen molar-refractivity contribution in [1.82, 2.24) is 19.5 Å². The lowest BCUT2D eigenvalue weighted by molar-refractivity contribution is 0.291. The first-order chi connectivity index (χ1) is 16.8. The molecule has 0 aliphatic heterocycles. The highest BCUT2D eigenvalue weighted by Gasteiger charge is 2.18. The fraction of sp³-hybridized carbons (Fsp3) is 0.259. The SMILES string of the molecule is COc1cccc(COc2nc(C)n(-c3cc(-c4ccnc(C(C)C)n4)ccc3C)c(=O)c2Cl)c1. The Balaban J connectivity index is 1.70. The highest BCUT2D eigenvalue weighted by molar-refractivity contribution is 6.31. The molecule has 0 unspecified atom stereocenters. The molecule has 7 nitrogen and oxygen atoms in total. The van der Waals surface area contributed by atoms with Gasteiger partial charge in [0.1, 0.15) is 24.0 Å². The number of rotatable bonds is 7. The second-order valence-electron chi connectivity index (χ2n) is 8.51. The Hall–Kier alpha value is -3.71. The van der Waals surface area contributed by atoms with Gasteiger partial charge in [0.05, 0.1) is 18.5 Å². The predicted octanol–water partition coefficient (Wildman–Crippen LogP) is 5.67. The average molecular weight is 491 g/mol. The lowest BCUT2D eigenvalue weighted by Gasteiger charge is -2.16. The lowest BCUT2D eigenvalue weighted by atomic mass is 10.1. The van der Waals surface area contributed by atoms with Gasteiger partial charge in [0.15, 0.2) is 5.02 Å². The van der Waals surface area contributed by atoms with E-state index in [1.807, 2.05) is 69.3 Å². The number of aryl methyl sites for hydroxylation is 2. The van der Waals surface area contributed by atoms with Gasteiger partial charge in [-0.05, 0) is 49.2 Å². The van der Waals surface area contributed by atoms with E-state index in [0.29, 0.717) is 11.5 Å². The van der Waals surface area contributed by atoms with Gasteiger partial charge in [-0.3, -0.25) is 9.36 Å². The Kier molecular flexibility index (Phi) is 7.17. The Morgan fingerprint density at radius 3 is 2.60 bits per heavy atom. The third-order valence-electron chi connectivity index (χ3n) is 5.61. The van der Waals surface area contributed by atoms with E-state index in [0.717, 1.165) is 34.0 Å². The van der Waals surface area contributed by atoms with Crippen LogP contribution in [-0.4, -0.2) is 26.6 Å². The van der Waals surface area contributed by atoms with Crippen molar-refractivity contribution in [2.24, 2.45) is 0 Å². The van der Waals surface area contributed by atoms with Crippen LogP contribution >= 0.6 is 11.6 Å². The molecule has 35 heavy (non-hydrogen) atoms. The van der Waals surface area contributed by atoms with E-state index in [1.54, 1.807) is 20.2 Å². The minimum Gasteiger partial charge on any atom is -0.497 e. The van der Waals surface area contributed by atoms with Gasteiger partial charge in [-0.1, -0.05) is 49.7 Å². The van der Waals surface area contributed by atoms with E-state index in [2.05, 4.69) is 15.0 Å². The molecule has 180 valence electrons. The standard InChI is InChI=1S/C27H27ClN4O3/c1-16(2)25-29-12-11-22(31-25)20-10-9-17(3)23(14-20)32-18(4)30-26(24(28)27(32)33)35-15-19-7-6-8-21(13-19)34-5/h6-14,16H,15H2,1-5H3. The van der Waals surface area contributed by atoms with E-state index in [-0.39, 0.29) is 23.4 Å². The molecule has 0 aliphatic rings. The third kappa shape index (κ3) is 5.20. The highest BCUT2D eigenvalue weighted by Crippen LogP contribution is 2.27. The summed E-state index contributed by atoms with van der Waals surface area (Å²) in [4.78, 5) is 26.9. The van der Waals surface area contributed by atoms with Crippen molar-refractivity contribution >= 4 is 11.6 Å². The van der Waals surface area contributed by atoms with Crippen LogP contribution in [-0.2, 0) is 6.61 Å². The summed E-state index contributed by atoms with van der Waals surface area (Å²) >= 11 is 6.44. The molecular weight excluding hydrogens is 464 g/mol. The zero-order valence-corrected chi connectivity index (χ0v) is 21.1. The molecule has 0 aliphatic carbocycles. The Morgan fingerprint density at radius 2 is 1.86 bits per heavy atom. The van der Waals surface area contributed by atoms with E-state index < -0.39 is 5.56 Å². The molecule has 0 atom stereocenters. The molecule has 4 rings (SSSR count). The van der Waals surface area contributed by atoms with Gasteiger partial charge in [-0.25, -0.2) is 9.97 Å². The van der Waals surface area contributed by atoms with Gasteiger partial charge in [-0.2, -0.15) is 4.98 Å². The predicted molar refractivity (Wildman–Crippen MR) is 137 cm³/mol. The largest absolute Gasteiger partial charge is 0.497 e. The van der Waals surface area contributed by atoms with E-state index in [1.165, 1.54) is 4.57 Å². The first kappa shape index (κ1) is 24.4. The molecule has 0 amide bonds. The number of benzene rings is 2. The minimum atomic E-state index is -0.398. The van der Waals surface area contributed by atoms with Crippen molar-refractivity contribution in [3.63, 3.8) is 0 Å². The zero-order chi connectivity index (χ0) is 25.1. The molecule has 2 heterocycles. The smallest absolute Gasteiger partial charge is 0.280 e. The van der Waals surface area contributed by atoms with E-state index in [9.17, 15) is 4.79 Å². The molecule has 8 heteroatoms. The monoisotopic (exact) mass is 490 g/mol. The van der Waals surface area contributed by atoms with Crippen LogP contribution < -0.4 is 15.0 Å². The van der Waals surface area contributed by atoms with Crippen LogP contribution in [0, 0.1) is 13.8 Å². The van der Waals surface area contributed by atoms with Crippen LogP contribution in [0.25, 0.3) is 16.9 Å². The number of halogens is 1. The fourth-order valence-corrected chi connectivity index (χ4v) is 3.88. The second-order valence-corrected chi connectivity index (χ2v) is 8.89. The molecule has 0 bridgehead atoms. The summed E-state index contributed by atoms with van der Waals surface area (Å²) in [6, 6.07) is 15.2. The van der Waals surface area contributed by atoms with Crippen molar-refractivity contribution in [2.75, 3.05) is 7.11 Å². The van der Waals surface area contributed by atoms with Gasteiger partial charge in [-0.15, -0.1) is 0 Å². The Morgan fingerprint density at radius 1 is 1.06 bits per heavy atom. The number of aromatic nitrogens is 4. The Labute approximate surface area is 209 Å². The van der Waals surface area contributed by atoms with Gasteiger partial charge < -0.3 is 9.47 Å². The first-order valence-corrected chi connectivity index (χ1v) is 11.7. The summed E-state index contributed by atoms with van der Waals surface area (Å²) in [6.45, 7) is 7.99. The third-order valence-corrected chi connectivity index (χ3v) is 5.94. The van der Waals surface area contributed by atoms with E-state index >= 15 is 0 Å². The van der Waals surface area contributed by atoms with Crippen molar-refractivity contribution in [2.45, 2.75) is 40.2 Å². The molecule has 2 aromatic heterocycles. The van der Waals surface area contributed by atoms with Crippen LogP contribution in [0.15, 0.2) is 59.5 Å². The van der Waals surface area contributed by atoms with E-state index in [4.69, 9.17) is 21.1 Å². The molecule has 0 radical (unpaired) electrons. The fourth-order valence-electron chi connectivity index (χ4n) is 3.70. The van der Waals surface area contributed by atoms with Crippen molar-refractivity contribution < 1.29 is 9.47 Å². The summed E-state index contributed by atoms with van der Waals surface area (Å²) in [6.07, 6.45) is 1.75. The summed E-state index contributed by atoms with van der Waals surface area (Å²) in [5.41, 5.74) is 3.72. The highest BCUT2D eigenvalue weighted by atomic mass is 35.5. The van der Waals surface area contributed by atoms with Gasteiger partial charge in [0, 0.05) is 17.7 Å². The molecule has 0 N–H and O–H groups in total. The van der Waals surface area contributed by atoms with Crippen molar-refractivity contribution in [3.05, 3.63) is 92.9 Å². The number of ether oxygens (including phenoxy) is 2. The van der Waals surface area contributed by atoms with Crippen LogP contribution in [0.1, 0.15) is 42.5 Å². The van der Waals surface area contributed by atoms with Crippen LogP contribution in [0.4, 0.5) is 0 Å². The number of hydrogen-bond acceptors (Lipinski definition) is 6. The molecule has 2 aromatic carbocycles. The van der Waals surface area contributed by atoms with Gasteiger partial charge >= 0.3 is 0 Å². The summed E-state index contributed by atoms with van der Waals surface area (Å²) in [5.74, 6) is 2.25. The quantitative estimate of drug-likeness (QED) is 0.332. The summed E-state index contributed by atoms with van der Waals surface area (Å²) in [5, 5.41) is -0.0765. The van der Waals surface area contributed by atoms with Crippen LogP contribution in [0.2, 0.25) is 5.02 Å². The van der Waals surface area contributed by atoms with Crippen LogP contribution in [0.5, 0.6) is 11.6 Å². The molecule has 0 saturated heterocycles. The average Bonchev–Trinajstić information content (AvgIpc) is 2.86. The topological polar surface area (TPSA) is 79.1 Å². The summed E-state index contributed by atoms with van der Waals surface area (Å²) < 4.78 is 12.6. The van der Waals surface area contributed by atoms with Crippen molar-refractivity contribution in [1.29, 1.82) is 0 Å². The summed E-state index contributed by atoms with van der Waals surface area (Å²) in [7, 11) is 1.60. The maximum atomic E-state index is 13.3. The molecule has 4 aromatic rings.